The molecule has 0 aromatic heterocycles. The third-order valence-corrected chi connectivity index (χ3v) is 5.80. The summed E-state index contributed by atoms with van der Waals surface area (Å²) in [6.07, 6.45) is 19.5. The minimum absolute atomic E-state index is 0.0331. The molecule has 25 heavy (non-hydrogen) atoms. The Morgan fingerprint density at radius 2 is 1.28 bits per heavy atom. The highest BCUT2D eigenvalue weighted by atomic mass is 32.2. The Kier molecular flexibility index (Phi) is 19.9. The van der Waals surface area contributed by atoms with Crippen molar-refractivity contribution < 1.29 is 9.90 Å². The zero-order chi connectivity index (χ0) is 18.6. The summed E-state index contributed by atoms with van der Waals surface area (Å²) in [4.78, 5) is 11.0. The van der Waals surface area contributed by atoms with Crippen LogP contribution in [0.3, 0.4) is 0 Å². The van der Waals surface area contributed by atoms with E-state index in [4.69, 9.17) is 0 Å². The highest BCUT2D eigenvalue weighted by Crippen LogP contribution is 2.14. The Balaban J connectivity index is 3.15. The molecule has 150 valence electrons. The Bertz CT molecular complexity index is 287. The van der Waals surface area contributed by atoms with Crippen LogP contribution in [0, 0.1) is 0 Å². The molecule has 0 bridgehead atoms. The fraction of sp³-hybridized carbons (Fsp3) is 0.952. The van der Waals surface area contributed by atoms with Crippen LogP contribution in [0.5, 0.6) is 0 Å². The summed E-state index contributed by atoms with van der Waals surface area (Å²) in [5.74, 6) is 1.89. The maximum absolute atomic E-state index is 11.0. The van der Waals surface area contributed by atoms with Crippen molar-refractivity contribution in [2.24, 2.45) is 0 Å². The molecule has 0 heterocycles. The average molecular weight is 374 g/mol. The van der Waals surface area contributed by atoms with Gasteiger partial charge in [0, 0.05) is 12.7 Å². The number of aliphatic hydroxyl groups is 1. The summed E-state index contributed by atoms with van der Waals surface area (Å²) in [5.41, 5.74) is 0. The Hall–Kier alpha value is -0.220. The van der Waals surface area contributed by atoms with E-state index in [1.807, 2.05) is 11.8 Å². The smallest absolute Gasteiger partial charge is 0.217 e. The lowest BCUT2D eigenvalue weighted by Gasteiger charge is -2.14. The van der Waals surface area contributed by atoms with Crippen molar-refractivity contribution in [1.29, 1.82) is 0 Å². The van der Waals surface area contributed by atoms with Gasteiger partial charge in [-0.05, 0) is 12.2 Å². The summed E-state index contributed by atoms with van der Waals surface area (Å²) in [6.45, 7) is 3.81. The van der Waals surface area contributed by atoms with Gasteiger partial charge in [-0.25, -0.2) is 0 Å². The van der Waals surface area contributed by atoms with Crippen LogP contribution in [0.25, 0.3) is 0 Å². The number of hydrogen-bond donors (Lipinski definition) is 2. The summed E-state index contributed by atoms with van der Waals surface area (Å²) < 4.78 is 0. The minimum atomic E-state index is -0.0888. The van der Waals surface area contributed by atoms with Crippen LogP contribution in [0.1, 0.15) is 104 Å². The van der Waals surface area contributed by atoms with E-state index in [2.05, 4.69) is 12.2 Å². The van der Waals surface area contributed by atoms with E-state index in [0.29, 0.717) is 0 Å². The Morgan fingerprint density at radius 1 is 0.840 bits per heavy atom. The van der Waals surface area contributed by atoms with Gasteiger partial charge in [0.05, 0.1) is 12.6 Å². The second-order valence-electron chi connectivity index (χ2n) is 7.25. The van der Waals surface area contributed by atoms with E-state index in [1.54, 1.807) is 0 Å². The molecule has 3 nitrogen and oxygen atoms in total. The van der Waals surface area contributed by atoms with E-state index in [-0.39, 0.29) is 18.6 Å². The molecular weight excluding hydrogens is 330 g/mol. The highest BCUT2D eigenvalue weighted by Gasteiger charge is 2.07. The molecule has 0 fully saturated rings. The third-order valence-electron chi connectivity index (χ3n) is 4.59. The van der Waals surface area contributed by atoms with Gasteiger partial charge in [0.2, 0.25) is 5.91 Å². The van der Waals surface area contributed by atoms with Gasteiger partial charge in [-0.15, -0.1) is 0 Å². The van der Waals surface area contributed by atoms with Gasteiger partial charge in [-0.1, -0.05) is 90.4 Å². The van der Waals surface area contributed by atoms with Gasteiger partial charge in [0.25, 0.3) is 0 Å². The number of amides is 1. The molecule has 1 unspecified atom stereocenters. The molecule has 0 aliphatic carbocycles. The van der Waals surface area contributed by atoms with Gasteiger partial charge in [-0.3, -0.25) is 4.79 Å². The number of rotatable bonds is 19. The van der Waals surface area contributed by atoms with Gasteiger partial charge < -0.3 is 10.4 Å². The standard InChI is InChI=1S/C21H43NO2S/c1-3-4-5-6-7-8-9-10-11-12-13-14-15-16-17-25-19-21(18-23)22-20(2)24/h21,23H,3-19H2,1-2H3,(H,22,24). The average Bonchev–Trinajstić information content (AvgIpc) is 2.60. The first kappa shape index (κ1) is 24.8. The zero-order valence-corrected chi connectivity index (χ0v) is 17.7. The number of hydrogen-bond acceptors (Lipinski definition) is 3. The summed E-state index contributed by atoms with van der Waals surface area (Å²) in [5, 5.41) is 11.9. The maximum atomic E-state index is 11.0. The number of carbonyl (C=O) groups is 1. The molecule has 0 aromatic carbocycles. The monoisotopic (exact) mass is 373 g/mol. The molecule has 1 atom stereocenters. The molecule has 0 rings (SSSR count). The van der Waals surface area contributed by atoms with Gasteiger partial charge in [0.1, 0.15) is 0 Å². The molecular formula is C21H43NO2S. The molecule has 2 N–H and O–H groups in total. The van der Waals surface area contributed by atoms with Crippen molar-refractivity contribution in [3.05, 3.63) is 0 Å². The minimum Gasteiger partial charge on any atom is -0.394 e. The van der Waals surface area contributed by atoms with Crippen LogP contribution in [0.4, 0.5) is 0 Å². The third kappa shape index (κ3) is 19.9. The zero-order valence-electron chi connectivity index (χ0n) is 16.9. The lowest BCUT2D eigenvalue weighted by molar-refractivity contribution is -0.119. The number of thioether (sulfide) groups is 1. The predicted molar refractivity (Wildman–Crippen MR) is 112 cm³/mol. The summed E-state index contributed by atoms with van der Waals surface area (Å²) >= 11 is 1.84. The first-order valence-corrected chi connectivity index (χ1v) is 11.8. The van der Waals surface area contributed by atoms with E-state index in [0.717, 1.165) is 11.5 Å². The van der Waals surface area contributed by atoms with Crippen LogP contribution in [0.15, 0.2) is 0 Å². The van der Waals surface area contributed by atoms with Gasteiger partial charge >= 0.3 is 0 Å². The summed E-state index contributed by atoms with van der Waals surface area (Å²) in [6, 6.07) is -0.0888. The normalized spacial score (nSPS) is 12.3. The molecule has 0 aliphatic rings. The molecule has 1 amide bonds. The number of aliphatic hydroxyl groups excluding tert-OH is 1. The molecule has 0 saturated carbocycles. The van der Waals surface area contributed by atoms with E-state index < -0.39 is 0 Å². The van der Waals surface area contributed by atoms with Crippen LogP contribution in [-0.2, 0) is 4.79 Å². The highest BCUT2D eigenvalue weighted by molar-refractivity contribution is 7.99. The van der Waals surface area contributed by atoms with Crippen LogP contribution < -0.4 is 5.32 Å². The van der Waals surface area contributed by atoms with Crippen molar-refractivity contribution in [3.8, 4) is 0 Å². The van der Waals surface area contributed by atoms with Crippen LogP contribution in [-0.4, -0.2) is 35.2 Å². The first-order valence-electron chi connectivity index (χ1n) is 10.7. The molecule has 0 saturated heterocycles. The molecule has 4 heteroatoms. The molecule has 0 aliphatic heterocycles. The second kappa shape index (κ2) is 20.1. The van der Waals surface area contributed by atoms with Gasteiger partial charge in [0.15, 0.2) is 0 Å². The van der Waals surface area contributed by atoms with Crippen molar-refractivity contribution in [2.75, 3.05) is 18.1 Å². The van der Waals surface area contributed by atoms with Crippen molar-refractivity contribution >= 4 is 17.7 Å². The Morgan fingerprint density at radius 3 is 1.68 bits per heavy atom. The van der Waals surface area contributed by atoms with Gasteiger partial charge in [-0.2, -0.15) is 11.8 Å². The quantitative estimate of drug-likeness (QED) is 0.286. The van der Waals surface area contributed by atoms with Crippen molar-refractivity contribution in [2.45, 2.75) is 110 Å². The lowest BCUT2D eigenvalue weighted by atomic mass is 10.0. The van der Waals surface area contributed by atoms with Crippen molar-refractivity contribution in [3.63, 3.8) is 0 Å². The van der Waals surface area contributed by atoms with Crippen molar-refractivity contribution in [1.82, 2.24) is 5.32 Å². The number of nitrogens with one attached hydrogen (secondary N) is 1. The van der Waals surface area contributed by atoms with E-state index in [9.17, 15) is 9.90 Å². The second-order valence-corrected chi connectivity index (χ2v) is 8.40. The lowest BCUT2D eigenvalue weighted by Crippen LogP contribution is -2.37. The van der Waals surface area contributed by atoms with Crippen LogP contribution >= 0.6 is 11.8 Å². The maximum Gasteiger partial charge on any atom is 0.217 e. The predicted octanol–water partition coefficient (Wildman–Crippen LogP) is 5.70. The largest absolute Gasteiger partial charge is 0.394 e. The SMILES string of the molecule is CCCCCCCCCCCCCCCCSCC(CO)NC(C)=O. The summed E-state index contributed by atoms with van der Waals surface area (Å²) in [7, 11) is 0. The number of carbonyl (C=O) groups excluding carboxylic acids is 1. The topological polar surface area (TPSA) is 49.3 Å². The van der Waals surface area contributed by atoms with E-state index >= 15 is 0 Å². The molecule has 0 spiro atoms. The van der Waals surface area contributed by atoms with Crippen LogP contribution in [0.2, 0.25) is 0 Å². The number of unbranched alkanes of at least 4 members (excludes halogenated alkanes) is 13. The Labute approximate surface area is 161 Å². The molecule has 0 radical (unpaired) electrons. The molecule has 0 aromatic rings. The van der Waals surface area contributed by atoms with E-state index in [1.165, 1.54) is 96.8 Å². The fourth-order valence-corrected chi connectivity index (χ4v) is 4.10. The first-order chi connectivity index (χ1) is 12.2. The fourth-order valence-electron chi connectivity index (χ4n) is 3.05.